The van der Waals surface area contributed by atoms with Crippen LogP contribution in [0.4, 0.5) is 0 Å². The summed E-state index contributed by atoms with van der Waals surface area (Å²) in [5, 5.41) is 10.5. The van der Waals surface area contributed by atoms with E-state index in [4.69, 9.17) is 10.5 Å². The minimum absolute atomic E-state index is 0.259. The number of allylic oxidation sites excluding steroid dienone is 2. The lowest BCUT2D eigenvalue weighted by molar-refractivity contribution is -0.184. The van der Waals surface area contributed by atoms with Gasteiger partial charge in [0.2, 0.25) is 0 Å². The van der Waals surface area contributed by atoms with Crippen molar-refractivity contribution in [3.8, 4) is 0 Å². The van der Waals surface area contributed by atoms with Gasteiger partial charge in [0.15, 0.2) is 6.29 Å². The van der Waals surface area contributed by atoms with E-state index in [1.54, 1.807) is 0 Å². The predicted octanol–water partition coefficient (Wildman–Crippen LogP) is 2.83. The molecular formula is C18H29NO2. The van der Waals surface area contributed by atoms with Crippen molar-refractivity contribution in [2.24, 2.45) is 35.3 Å². The van der Waals surface area contributed by atoms with E-state index in [0.717, 1.165) is 25.2 Å². The van der Waals surface area contributed by atoms with Crippen LogP contribution in [0.1, 0.15) is 51.4 Å². The van der Waals surface area contributed by atoms with Gasteiger partial charge < -0.3 is 15.6 Å². The smallest absolute Gasteiger partial charge is 0.158 e. The Balaban J connectivity index is 1.32. The second-order valence-electron chi connectivity index (χ2n) is 7.92. The largest absolute Gasteiger partial charge is 0.368 e. The molecule has 21 heavy (non-hydrogen) atoms. The zero-order valence-corrected chi connectivity index (χ0v) is 12.9. The van der Waals surface area contributed by atoms with Crippen LogP contribution in [0.2, 0.25) is 0 Å². The second-order valence-corrected chi connectivity index (χ2v) is 7.92. The van der Waals surface area contributed by atoms with Crippen molar-refractivity contribution >= 4 is 0 Å². The Morgan fingerprint density at radius 2 is 1.95 bits per heavy atom. The van der Waals surface area contributed by atoms with Crippen LogP contribution in [0, 0.1) is 29.6 Å². The van der Waals surface area contributed by atoms with E-state index in [1.165, 1.54) is 32.1 Å². The molecule has 4 rings (SSSR count). The zero-order valence-electron chi connectivity index (χ0n) is 12.9. The van der Waals surface area contributed by atoms with Crippen molar-refractivity contribution in [3.63, 3.8) is 0 Å². The molecule has 0 spiro atoms. The van der Waals surface area contributed by atoms with Gasteiger partial charge in [-0.15, -0.1) is 0 Å². The maximum Gasteiger partial charge on any atom is 0.158 e. The van der Waals surface area contributed by atoms with E-state index >= 15 is 0 Å². The quantitative estimate of drug-likeness (QED) is 0.621. The first-order valence-corrected chi connectivity index (χ1v) is 8.98. The van der Waals surface area contributed by atoms with Crippen molar-refractivity contribution in [1.29, 1.82) is 0 Å². The molecule has 3 saturated carbocycles. The minimum Gasteiger partial charge on any atom is -0.368 e. The highest BCUT2D eigenvalue weighted by Gasteiger charge is 2.42. The summed E-state index contributed by atoms with van der Waals surface area (Å²) < 4.78 is 6.09. The van der Waals surface area contributed by atoms with E-state index in [0.29, 0.717) is 29.7 Å². The summed E-state index contributed by atoms with van der Waals surface area (Å²) in [6.07, 6.45) is 13.9. The Kier molecular flexibility index (Phi) is 3.85. The molecule has 3 N–H and O–H groups in total. The molecule has 4 aliphatic carbocycles. The van der Waals surface area contributed by atoms with Gasteiger partial charge in [0.1, 0.15) is 0 Å². The Bertz CT molecular complexity index is 410. The molecular weight excluding hydrogens is 262 g/mol. The summed E-state index contributed by atoms with van der Waals surface area (Å²) >= 11 is 0. The molecule has 3 fully saturated rings. The fourth-order valence-corrected chi connectivity index (χ4v) is 5.54. The monoisotopic (exact) mass is 291 g/mol. The lowest BCUT2D eigenvalue weighted by Crippen LogP contribution is -2.44. The topological polar surface area (TPSA) is 55.5 Å². The highest BCUT2D eigenvalue weighted by atomic mass is 16.6. The predicted molar refractivity (Wildman–Crippen MR) is 82.4 cm³/mol. The van der Waals surface area contributed by atoms with Gasteiger partial charge in [-0.1, -0.05) is 18.6 Å². The zero-order chi connectivity index (χ0) is 14.4. The maximum atomic E-state index is 10.5. The molecule has 8 atom stereocenters. The summed E-state index contributed by atoms with van der Waals surface area (Å²) in [7, 11) is 0. The van der Waals surface area contributed by atoms with Gasteiger partial charge in [0.05, 0.1) is 6.10 Å². The summed E-state index contributed by atoms with van der Waals surface area (Å²) in [5.74, 6) is 3.04. The summed E-state index contributed by atoms with van der Waals surface area (Å²) in [5.41, 5.74) is 6.28. The standard InChI is InChI=1S/C18H29NO2/c19-17-3-1-2-12-10-14(6-7-15(12)17)21-18(20)16-9-11-4-5-13(16)8-11/h4-5,11-18,20H,1-3,6-10,19H2/t11?,12?,13?,14?,15?,16?,17?,18-/m1/s1. The highest BCUT2D eigenvalue weighted by molar-refractivity contribution is 5.10. The SMILES string of the molecule is NC1CCCC2CC(O[C@@H](O)C3CC4C=CC3C4)CCC12. The fraction of sp³-hybridized carbons (Fsp3) is 0.889. The van der Waals surface area contributed by atoms with Crippen molar-refractivity contribution in [2.75, 3.05) is 0 Å². The molecule has 0 radical (unpaired) electrons. The number of aliphatic hydroxyl groups is 1. The number of fused-ring (bicyclic) bond motifs is 3. The van der Waals surface area contributed by atoms with Crippen LogP contribution in [0.5, 0.6) is 0 Å². The van der Waals surface area contributed by atoms with Crippen LogP contribution < -0.4 is 5.73 Å². The van der Waals surface area contributed by atoms with E-state index in [1.807, 2.05) is 0 Å². The third kappa shape index (κ3) is 2.69. The molecule has 7 unspecified atom stereocenters. The Labute approximate surface area is 127 Å². The van der Waals surface area contributed by atoms with Gasteiger partial charge in [-0.2, -0.15) is 0 Å². The molecule has 0 aromatic heterocycles. The number of hydrogen-bond acceptors (Lipinski definition) is 3. The molecule has 0 aliphatic heterocycles. The molecule has 0 amide bonds. The number of nitrogens with two attached hydrogens (primary N) is 1. The van der Waals surface area contributed by atoms with Crippen molar-refractivity contribution in [1.82, 2.24) is 0 Å². The fourth-order valence-electron chi connectivity index (χ4n) is 5.54. The van der Waals surface area contributed by atoms with Crippen molar-refractivity contribution in [3.05, 3.63) is 12.2 Å². The first kappa shape index (κ1) is 14.2. The normalized spacial score (nSPS) is 50.1. The summed E-state index contributed by atoms with van der Waals surface area (Å²) in [6.45, 7) is 0. The number of rotatable bonds is 3. The van der Waals surface area contributed by atoms with E-state index < -0.39 is 6.29 Å². The van der Waals surface area contributed by atoms with E-state index in [2.05, 4.69) is 12.2 Å². The third-order valence-electron chi connectivity index (χ3n) is 6.68. The highest BCUT2D eigenvalue weighted by Crippen LogP contribution is 2.46. The van der Waals surface area contributed by atoms with Crippen LogP contribution in [0.3, 0.4) is 0 Å². The third-order valence-corrected chi connectivity index (χ3v) is 6.68. The van der Waals surface area contributed by atoms with E-state index in [9.17, 15) is 5.11 Å². The Morgan fingerprint density at radius 1 is 1.05 bits per heavy atom. The van der Waals surface area contributed by atoms with Gasteiger partial charge in [-0.05, 0) is 68.6 Å². The number of ether oxygens (including phenoxy) is 1. The van der Waals surface area contributed by atoms with Gasteiger partial charge >= 0.3 is 0 Å². The molecule has 118 valence electrons. The average molecular weight is 291 g/mol. The Morgan fingerprint density at radius 3 is 2.71 bits per heavy atom. The molecule has 0 aromatic rings. The first-order chi connectivity index (χ1) is 10.2. The number of hydrogen-bond donors (Lipinski definition) is 2. The maximum absolute atomic E-state index is 10.5. The van der Waals surface area contributed by atoms with Crippen LogP contribution in [0.15, 0.2) is 12.2 Å². The van der Waals surface area contributed by atoms with Crippen molar-refractivity contribution < 1.29 is 9.84 Å². The first-order valence-electron chi connectivity index (χ1n) is 8.98. The Hall–Kier alpha value is -0.380. The molecule has 3 heteroatoms. The van der Waals surface area contributed by atoms with Crippen molar-refractivity contribution in [2.45, 2.75) is 69.8 Å². The lowest BCUT2D eigenvalue weighted by atomic mass is 9.68. The van der Waals surface area contributed by atoms with Crippen LogP contribution in [-0.2, 0) is 4.74 Å². The van der Waals surface area contributed by atoms with E-state index in [-0.39, 0.29) is 6.10 Å². The molecule has 0 saturated heterocycles. The van der Waals surface area contributed by atoms with Gasteiger partial charge in [0, 0.05) is 12.0 Å². The summed E-state index contributed by atoms with van der Waals surface area (Å²) in [4.78, 5) is 0. The lowest BCUT2D eigenvalue weighted by Gasteiger charge is -2.43. The van der Waals surface area contributed by atoms with Gasteiger partial charge in [-0.3, -0.25) is 0 Å². The van der Waals surface area contributed by atoms with Gasteiger partial charge in [0.25, 0.3) is 0 Å². The molecule has 0 aromatic carbocycles. The number of aliphatic hydroxyl groups excluding tert-OH is 1. The summed E-state index contributed by atoms with van der Waals surface area (Å²) in [6, 6.07) is 0.408. The van der Waals surface area contributed by atoms with Crippen LogP contribution in [-0.4, -0.2) is 23.5 Å². The molecule has 2 bridgehead atoms. The van der Waals surface area contributed by atoms with Crippen LogP contribution in [0.25, 0.3) is 0 Å². The van der Waals surface area contributed by atoms with Gasteiger partial charge in [-0.25, -0.2) is 0 Å². The molecule has 3 nitrogen and oxygen atoms in total. The second kappa shape index (κ2) is 5.68. The van der Waals surface area contributed by atoms with Crippen LogP contribution >= 0.6 is 0 Å². The molecule has 4 aliphatic rings. The average Bonchev–Trinajstić information content (AvgIpc) is 3.10. The molecule has 0 heterocycles. The minimum atomic E-state index is -0.552.